The Balaban J connectivity index is 0.00000320. The van der Waals surface area contributed by atoms with Crippen LogP contribution >= 0.6 is 35.6 Å². The predicted octanol–water partition coefficient (Wildman–Crippen LogP) is 2.67. The van der Waals surface area contributed by atoms with Crippen LogP contribution < -0.4 is 15.5 Å². The minimum absolute atomic E-state index is 0. The predicted molar refractivity (Wildman–Crippen MR) is 135 cm³/mol. The van der Waals surface area contributed by atoms with E-state index in [4.69, 9.17) is 11.6 Å². The molecule has 2 aromatic rings. The first-order valence-corrected chi connectivity index (χ1v) is 10.6. The van der Waals surface area contributed by atoms with Gasteiger partial charge in [0.15, 0.2) is 5.96 Å². The number of halogens is 2. The van der Waals surface area contributed by atoms with E-state index in [2.05, 4.69) is 41.5 Å². The minimum atomic E-state index is 0. The van der Waals surface area contributed by atoms with Crippen molar-refractivity contribution in [2.75, 3.05) is 57.8 Å². The average molecular weight is 544 g/mol. The second-order valence-electron chi connectivity index (χ2n) is 7.00. The first-order valence-electron chi connectivity index (χ1n) is 10.2. The van der Waals surface area contributed by atoms with Crippen LogP contribution in [0, 0.1) is 0 Å². The Morgan fingerprint density at radius 3 is 2.43 bits per heavy atom. The molecule has 0 bridgehead atoms. The molecule has 1 aromatic heterocycles. The Bertz CT molecular complexity index is 767. The number of hydrogen-bond acceptors (Lipinski definition) is 5. The number of anilines is 1. The van der Waals surface area contributed by atoms with Gasteiger partial charge in [-0.05, 0) is 37.1 Å². The smallest absolute Gasteiger partial charge is 0.225 e. The van der Waals surface area contributed by atoms with E-state index in [1.807, 2.05) is 24.3 Å². The van der Waals surface area contributed by atoms with Gasteiger partial charge >= 0.3 is 0 Å². The van der Waals surface area contributed by atoms with Gasteiger partial charge in [-0.2, -0.15) is 0 Å². The fourth-order valence-corrected chi connectivity index (χ4v) is 3.60. The number of hydrogen-bond donors (Lipinski definition) is 2. The molecule has 164 valence electrons. The summed E-state index contributed by atoms with van der Waals surface area (Å²) in [6.45, 7) is 6.81. The molecule has 0 spiro atoms. The lowest BCUT2D eigenvalue weighted by Crippen LogP contribution is -2.47. The van der Waals surface area contributed by atoms with Crippen molar-refractivity contribution in [2.45, 2.75) is 12.8 Å². The van der Waals surface area contributed by atoms with Crippen molar-refractivity contribution < 1.29 is 0 Å². The summed E-state index contributed by atoms with van der Waals surface area (Å²) < 4.78 is 0. The lowest BCUT2D eigenvalue weighted by atomic mass is 10.1. The van der Waals surface area contributed by atoms with Gasteiger partial charge in [0.1, 0.15) is 0 Å². The molecule has 3 rings (SSSR count). The topological polar surface area (TPSA) is 68.7 Å². The zero-order valence-corrected chi connectivity index (χ0v) is 20.5. The fourth-order valence-electron chi connectivity index (χ4n) is 3.37. The maximum absolute atomic E-state index is 6.21. The van der Waals surface area contributed by atoms with Crippen molar-refractivity contribution in [1.82, 2.24) is 25.5 Å². The highest BCUT2D eigenvalue weighted by molar-refractivity contribution is 14.0. The van der Waals surface area contributed by atoms with E-state index in [0.29, 0.717) is 0 Å². The number of guanidine groups is 1. The van der Waals surface area contributed by atoms with Crippen molar-refractivity contribution >= 4 is 47.5 Å². The van der Waals surface area contributed by atoms with Gasteiger partial charge in [0, 0.05) is 63.7 Å². The van der Waals surface area contributed by atoms with E-state index in [0.717, 1.165) is 81.1 Å². The summed E-state index contributed by atoms with van der Waals surface area (Å²) in [6, 6.07) is 9.81. The summed E-state index contributed by atoms with van der Waals surface area (Å²) in [5.74, 6) is 1.67. The third-order valence-corrected chi connectivity index (χ3v) is 5.39. The van der Waals surface area contributed by atoms with Gasteiger partial charge < -0.3 is 15.5 Å². The Kier molecular flexibility index (Phi) is 11.2. The molecule has 2 heterocycles. The summed E-state index contributed by atoms with van der Waals surface area (Å²) in [4.78, 5) is 17.7. The van der Waals surface area contributed by atoms with E-state index in [1.54, 1.807) is 19.4 Å². The summed E-state index contributed by atoms with van der Waals surface area (Å²) in [5, 5.41) is 7.56. The molecular weight excluding hydrogens is 513 g/mol. The van der Waals surface area contributed by atoms with Gasteiger partial charge in [0.25, 0.3) is 0 Å². The molecule has 0 amide bonds. The molecule has 1 saturated heterocycles. The van der Waals surface area contributed by atoms with Crippen LogP contribution in [-0.4, -0.2) is 73.7 Å². The maximum atomic E-state index is 6.21. The number of rotatable bonds is 8. The van der Waals surface area contributed by atoms with Crippen LogP contribution in [0.15, 0.2) is 47.7 Å². The molecule has 0 saturated carbocycles. The molecule has 7 nitrogen and oxygen atoms in total. The van der Waals surface area contributed by atoms with Gasteiger partial charge in [-0.1, -0.05) is 29.8 Å². The molecule has 1 fully saturated rings. The molecule has 1 aliphatic heterocycles. The molecular formula is C21H31ClIN7. The average Bonchev–Trinajstić information content (AvgIpc) is 2.77. The molecule has 1 aromatic carbocycles. The van der Waals surface area contributed by atoms with Crippen LogP contribution in [-0.2, 0) is 6.42 Å². The number of nitrogens with zero attached hydrogens (tertiary/aromatic N) is 5. The Morgan fingerprint density at radius 1 is 1.03 bits per heavy atom. The third-order valence-electron chi connectivity index (χ3n) is 5.02. The zero-order valence-electron chi connectivity index (χ0n) is 17.4. The molecule has 9 heteroatoms. The van der Waals surface area contributed by atoms with E-state index in [1.165, 1.54) is 0 Å². The van der Waals surface area contributed by atoms with Gasteiger partial charge in [-0.3, -0.25) is 9.89 Å². The standard InChI is InChI=1S/C21H30ClN7.HI/c1-23-20(25-12-8-18-6-2-3-7-19(18)22)24-11-5-13-28-14-16-29(17-15-28)21-26-9-4-10-27-21;/h2-4,6-7,9-10H,5,8,11-17H2,1H3,(H2,23,24,25);1H. The second-order valence-corrected chi connectivity index (χ2v) is 7.41. The molecule has 0 radical (unpaired) electrons. The highest BCUT2D eigenvalue weighted by atomic mass is 127. The van der Waals surface area contributed by atoms with E-state index in [9.17, 15) is 0 Å². The molecule has 1 aliphatic rings. The number of aliphatic imine (C=N–C) groups is 1. The van der Waals surface area contributed by atoms with Crippen LogP contribution in [0.3, 0.4) is 0 Å². The van der Waals surface area contributed by atoms with Gasteiger partial charge in [-0.15, -0.1) is 24.0 Å². The molecule has 0 unspecified atom stereocenters. The Morgan fingerprint density at radius 2 is 1.73 bits per heavy atom. The summed E-state index contributed by atoms with van der Waals surface area (Å²) >= 11 is 6.21. The van der Waals surface area contributed by atoms with Crippen molar-refractivity contribution in [3.8, 4) is 0 Å². The maximum Gasteiger partial charge on any atom is 0.225 e. The molecule has 2 N–H and O–H groups in total. The number of benzene rings is 1. The molecule has 30 heavy (non-hydrogen) atoms. The van der Waals surface area contributed by atoms with Crippen LogP contribution in [0.4, 0.5) is 5.95 Å². The molecule has 0 atom stereocenters. The van der Waals surface area contributed by atoms with E-state index >= 15 is 0 Å². The van der Waals surface area contributed by atoms with Crippen LogP contribution in [0.2, 0.25) is 5.02 Å². The van der Waals surface area contributed by atoms with Crippen molar-refractivity contribution in [3.63, 3.8) is 0 Å². The highest BCUT2D eigenvalue weighted by Gasteiger charge is 2.18. The van der Waals surface area contributed by atoms with Crippen LogP contribution in [0.5, 0.6) is 0 Å². The Labute approximate surface area is 201 Å². The summed E-state index contributed by atoms with van der Waals surface area (Å²) in [5.41, 5.74) is 1.15. The SMILES string of the molecule is CN=C(NCCCN1CCN(c2ncccn2)CC1)NCCc1ccccc1Cl.I. The summed E-state index contributed by atoms with van der Waals surface area (Å²) in [6.07, 6.45) is 5.55. The second kappa shape index (κ2) is 13.6. The summed E-state index contributed by atoms with van der Waals surface area (Å²) in [7, 11) is 1.80. The van der Waals surface area contributed by atoms with Gasteiger partial charge in [-0.25, -0.2) is 9.97 Å². The van der Waals surface area contributed by atoms with Crippen molar-refractivity contribution in [1.29, 1.82) is 0 Å². The monoisotopic (exact) mass is 543 g/mol. The lowest BCUT2D eigenvalue weighted by Gasteiger charge is -2.34. The van der Waals surface area contributed by atoms with Crippen molar-refractivity contribution in [2.24, 2.45) is 4.99 Å². The van der Waals surface area contributed by atoms with Crippen LogP contribution in [0.25, 0.3) is 0 Å². The minimum Gasteiger partial charge on any atom is -0.356 e. The van der Waals surface area contributed by atoms with Crippen LogP contribution in [0.1, 0.15) is 12.0 Å². The van der Waals surface area contributed by atoms with E-state index < -0.39 is 0 Å². The fraction of sp³-hybridized carbons (Fsp3) is 0.476. The lowest BCUT2D eigenvalue weighted by molar-refractivity contribution is 0.254. The zero-order chi connectivity index (χ0) is 20.3. The third kappa shape index (κ3) is 7.88. The highest BCUT2D eigenvalue weighted by Crippen LogP contribution is 2.14. The Hall–Kier alpha value is -1.65. The number of piperazine rings is 1. The number of aromatic nitrogens is 2. The first kappa shape index (κ1) is 24.6. The molecule has 0 aliphatic carbocycles. The largest absolute Gasteiger partial charge is 0.356 e. The van der Waals surface area contributed by atoms with E-state index in [-0.39, 0.29) is 24.0 Å². The van der Waals surface area contributed by atoms with Gasteiger partial charge in [0.2, 0.25) is 5.95 Å². The first-order chi connectivity index (χ1) is 14.3. The normalized spacial score (nSPS) is 14.9. The van der Waals surface area contributed by atoms with Crippen molar-refractivity contribution in [3.05, 3.63) is 53.3 Å². The number of nitrogens with one attached hydrogen (secondary N) is 2. The van der Waals surface area contributed by atoms with Gasteiger partial charge in [0.05, 0.1) is 0 Å². The quantitative estimate of drug-likeness (QED) is 0.231.